The van der Waals surface area contributed by atoms with Crippen LogP contribution in [-0.2, 0) is 9.59 Å². The number of hydrogen-bond donors (Lipinski definition) is 1. The Bertz CT molecular complexity index is 571. The lowest BCUT2D eigenvalue weighted by molar-refractivity contribution is -0.138. The molecule has 1 aromatic carbocycles. The molecule has 0 bridgehead atoms. The summed E-state index contributed by atoms with van der Waals surface area (Å²) in [6.45, 7) is 3.26. The van der Waals surface area contributed by atoms with E-state index in [0.29, 0.717) is 10.6 Å². The molecule has 1 aliphatic rings. The number of amides is 3. The van der Waals surface area contributed by atoms with Gasteiger partial charge in [-0.2, -0.15) is 0 Å². The zero-order valence-electron chi connectivity index (χ0n) is 10.6. The largest absolute Gasteiger partial charge is 0.318 e. The first-order chi connectivity index (χ1) is 8.90. The second kappa shape index (κ2) is 5.01. The molecule has 0 radical (unpaired) electrons. The molecule has 19 heavy (non-hydrogen) atoms. The normalized spacial score (nSPS) is 19.3. The van der Waals surface area contributed by atoms with Gasteiger partial charge < -0.3 is 4.90 Å². The molecule has 1 atom stereocenters. The van der Waals surface area contributed by atoms with E-state index in [4.69, 9.17) is 11.6 Å². The van der Waals surface area contributed by atoms with Crippen LogP contribution in [0.15, 0.2) is 18.2 Å². The predicted octanol–water partition coefficient (Wildman–Crippen LogP) is 1.14. The number of halogens is 1. The average molecular weight is 281 g/mol. The zero-order valence-corrected chi connectivity index (χ0v) is 11.3. The fraction of sp³-hybridized carbons (Fsp3) is 0.308. The van der Waals surface area contributed by atoms with Crippen LogP contribution in [0.25, 0.3) is 0 Å². The van der Waals surface area contributed by atoms with Crippen LogP contribution in [0.3, 0.4) is 0 Å². The lowest BCUT2D eigenvalue weighted by Crippen LogP contribution is -2.58. The molecular formula is C13H13ClN2O3. The van der Waals surface area contributed by atoms with E-state index in [1.165, 1.54) is 4.90 Å². The minimum absolute atomic E-state index is 0.118. The Morgan fingerprint density at radius 1 is 1.42 bits per heavy atom. The molecule has 1 aromatic rings. The number of benzene rings is 1. The van der Waals surface area contributed by atoms with E-state index in [2.05, 4.69) is 5.32 Å². The number of piperazine rings is 1. The summed E-state index contributed by atoms with van der Waals surface area (Å²) in [5.41, 5.74) is 1.18. The smallest absolute Gasteiger partial charge is 0.255 e. The van der Waals surface area contributed by atoms with Crippen LogP contribution < -0.4 is 5.32 Å². The second-order valence-corrected chi connectivity index (χ2v) is 4.89. The minimum atomic E-state index is -0.666. The molecule has 100 valence electrons. The first kappa shape index (κ1) is 13.5. The number of imide groups is 1. The molecule has 0 aliphatic carbocycles. The van der Waals surface area contributed by atoms with Gasteiger partial charge in [0.25, 0.3) is 5.91 Å². The van der Waals surface area contributed by atoms with Gasteiger partial charge in [0, 0.05) is 10.6 Å². The first-order valence-electron chi connectivity index (χ1n) is 5.81. The Labute approximate surface area is 115 Å². The predicted molar refractivity (Wildman–Crippen MR) is 69.8 cm³/mol. The van der Waals surface area contributed by atoms with Gasteiger partial charge in [0.15, 0.2) is 0 Å². The molecule has 5 nitrogen and oxygen atoms in total. The molecule has 1 aliphatic heterocycles. The maximum absolute atomic E-state index is 12.3. The van der Waals surface area contributed by atoms with Crippen molar-refractivity contribution < 1.29 is 14.4 Å². The van der Waals surface area contributed by atoms with Crippen LogP contribution in [0.5, 0.6) is 0 Å². The topological polar surface area (TPSA) is 66.5 Å². The number of hydrogen-bond acceptors (Lipinski definition) is 3. The van der Waals surface area contributed by atoms with Crippen molar-refractivity contribution in [2.75, 3.05) is 6.54 Å². The van der Waals surface area contributed by atoms with Crippen LogP contribution in [0.4, 0.5) is 0 Å². The van der Waals surface area contributed by atoms with Gasteiger partial charge in [0.05, 0.1) is 0 Å². The van der Waals surface area contributed by atoms with Crippen molar-refractivity contribution in [3.8, 4) is 0 Å². The summed E-state index contributed by atoms with van der Waals surface area (Å²) in [5, 5.41) is 2.76. The molecule has 6 heteroatoms. The van der Waals surface area contributed by atoms with E-state index in [1.807, 2.05) is 0 Å². The highest BCUT2D eigenvalue weighted by Gasteiger charge is 2.33. The zero-order chi connectivity index (χ0) is 14.2. The van der Waals surface area contributed by atoms with E-state index < -0.39 is 17.9 Å². The summed E-state index contributed by atoms with van der Waals surface area (Å²) in [4.78, 5) is 36.4. The van der Waals surface area contributed by atoms with Gasteiger partial charge in [0.1, 0.15) is 12.6 Å². The van der Waals surface area contributed by atoms with Crippen molar-refractivity contribution >= 4 is 29.3 Å². The van der Waals surface area contributed by atoms with Gasteiger partial charge >= 0.3 is 0 Å². The van der Waals surface area contributed by atoms with Crippen LogP contribution in [0.2, 0.25) is 5.02 Å². The molecule has 0 saturated carbocycles. The number of rotatable bonds is 1. The molecule has 0 spiro atoms. The third kappa shape index (κ3) is 2.61. The summed E-state index contributed by atoms with van der Waals surface area (Å²) in [5.74, 6) is -1.28. The number of carbonyl (C=O) groups excluding carboxylic acids is 3. The van der Waals surface area contributed by atoms with Crippen LogP contribution in [-0.4, -0.2) is 35.2 Å². The molecule has 1 N–H and O–H groups in total. The van der Waals surface area contributed by atoms with Crippen molar-refractivity contribution in [2.24, 2.45) is 0 Å². The fourth-order valence-corrected chi connectivity index (χ4v) is 2.02. The summed E-state index contributed by atoms with van der Waals surface area (Å²) >= 11 is 5.90. The SMILES string of the molecule is Cc1cc(C(=O)N2CC(=O)NC(=O)C2C)ccc1Cl. The standard InChI is InChI=1S/C13H13ClN2O3/c1-7-5-9(3-4-10(7)14)13(19)16-6-11(17)15-12(18)8(16)2/h3-5,8H,6H2,1-2H3,(H,15,17,18). The lowest BCUT2D eigenvalue weighted by Gasteiger charge is -2.31. The van der Waals surface area contributed by atoms with Crippen molar-refractivity contribution in [2.45, 2.75) is 19.9 Å². The molecule has 1 unspecified atom stereocenters. The highest BCUT2D eigenvalue weighted by molar-refractivity contribution is 6.31. The van der Waals surface area contributed by atoms with Crippen molar-refractivity contribution in [1.82, 2.24) is 10.2 Å². The monoisotopic (exact) mass is 280 g/mol. The number of nitrogens with one attached hydrogen (secondary N) is 1. The number of nitrogens with zero attached hydrogens (tertiary/aromatic N) is 1. The molecular weight excluding hydrogens is 268 g/mol. The van der Waals surface area contributed by atoms with Crippen molar-refractivity contribution in [3.63, 3.8) is 0 Å². The maximum atomic E-state index is 12.3. The van der Waals surface area contributed by atoms with Crippen LogP contribution in [0.1, 0.15) is 22.8 Å². The van der Waals surface area contributed by atoms with Gasteiger partial charge in [-0.05, 0) is 37.6 Å². The van der Waals surface area contributed by atoms with E-state index in [-0.39, 0.29) is 12.5 Å². The second-order valence-electron chi connectivity index (χ2n) is 4.49. The van der Waals surface area contributed by atoms with Crippen LogP contribution in [0, 0.1) is 6.92 Å². The van der Waals surface area contributed by atoms with E-state index in [9.17, 15) is 14.4 Å². The highest BCUT2D eigenvalue weighted by Crippen LogP contribution is 2.18. The maximum Gasteiger partial charge on any atom is 0.255 e. The average Bonchev–Trinajstić information content (AvgIpc) is 2.36. The van der Waals surface area contributed by atoms with Crippen molar-refractivity contribution in [3.05, 3.63) is 34.3 Å². The quantitative estimate of drug-likeness (QED) is 0.785. The summed E-state index contributed by atoms with van der Waals surface area (Å²) in [6.07, 6.45) is 0. The summed E-state index contributed by atoms with van der Waals surface area (Å²) in [6, 6.07) is 4.19. The highest BCUT2D eigenvalue weighted by atomic mass is 35.5. The Balaban J connectivity index is 2.29. The third-order valence-corrected chi connectivity index (χ3v) is 3.51. The Hall–Kier alpha value is -1.88. The fourth-order valence-electron chi connectivity index (χ4n) is 1.91. The van der Waals surface area contributed by atoms with E-state index in [1.54, 1.807) is 32.0 Å². The third-order valence-electron chi connectivity index (χ3n) is 3.09. The molecule has 3 amide bonds. The number of aryl methyl sites for hydroxylation is 1. The van der Waals surface area contributed by atoms with Crippen LogP contribution >= 0.6 is 11.6 Å². The molecule has 1 heterocycles. The van der Waals surface area contributed by atoms with Gasteiger partial charge in [-0.3, -0.25) is 19.7 Å². The summed E-state index contributed by atoms with van der Waals surface area (Å²) in [7, 11) is 0. The van der Waals surface area contributed by atoms with Gasteiger partial charge in [0.2, 0.25) is 11.8 Å². The van der Waals surface area contributed by atoms with E-state index in [0.717, 1.165) is 5.56 Å². The van der Waals surface area contributed by atoms with E-state index >= 15 is 0 Å². The lowest BCUT2D eigenvalue weighted by atomic mass is 10.1. The molecule has 1 fully saturated rings. The Morgan fingerprint density at radius 2 is 2.11 bits per heavy atom. The van der Waals surface area contributed by atoms with Gasteiger partial charge in [-0.15, -0.1) is 0 Å². The number of carbonyl (C=O) groups is 3. The Morgan fingerprint density at radius 3 is 2.74 bits per heavy atom. The first-order valence-corrected chi connectivity index (χ1v) is 6.18. The summed E-state index contributed by atoms with van der Waals surface area (Å²) < 4.78 is 0. The molecule has 0 aromatic heterocycles. The Kier molecular flexibility index (Phi) is 3.57. The van der Waals surface area contributed by atoms with Gasteiger partial charge in [-0.1, -0.05) is 11.6 Å². The van der Waals surface area contributed by atoms with Crippen molar-refractivity contribution in [1.29, 1.82) is 0 Å². The molecule has 1 saturated heterocycles. The molecule has 2 rings (SSSR count). The minimum Gasteiger partial charge on any atom is -0.318 e. The van der Waals surface area contributed by atoms with Gasteiger partial charge in [-0.25, -0.2) is 0 Å².